The number of carbonyl (C=O) groups is 1. The number of hydrogen-bond acceptors (Lipinski definition) is 4. The molecule has 21 heavy (non-hydrogen) atoms. The lowest BCUT2D eigenvalue weighted by Gasteiger charge is -2.23. The highest BCUT2D eigenvalue weighted by atomic mass is 16.6. The molecule has 0 aromatic carbocycles. The largest absolute Gasteiger partial charge is 0.459 e. The van der Waals surface area contributed by atoms with Crippen molar-refractivity contribution in [2.24, 2.45) is 0 Å². The lowest BCUT2D eigenvalue weighted by molar-refractivity contribution is -0.157. The van der Waals surface area contributed by atoms with Crippen molar-refractivity contribution in [2.45, 2.75) is 64.4 Å². The zero-order chi connectivity index (χ0) is 15.7. The van der Waals surface area contributed by atoms with Crippen LogP contribution < -0.4 is 0 Å². The maximum atomic E-state index is 12.4. The van der Waals surface area contributed by atoms with Crippen molar-refractivity contribution in [1.82, 2.24) is 4.98 Å². The monoisotopic (exact) mass is 293 g/mol. The average Bonchev–Trinajstić information content (AvgIpc) is 2.41. The molecule has 0 amide bonds. The van der Waals surface area contributed by atoms with Crippen molar-refractivity contribution >= 4 is 5.97 Å². The molecule has 1 rings (SSSR count). The summed E-state index contributed by atoms with van der Waals surface area (Å²) in [7, 11) is 0. The molecule has 0 saturated heterocycles. The van der Waals surface area contributed by atoms with E-state index >= 15 is 0 Å². The van der Waals surface area contributed by atoms with Crippen molar-refractivity contribution in [1.29, 1.82) is 0 Å². The molecule has 0 aliphatic carbocycles. The molecule has 0 aliphatic rings. The Morgan fingerprint density at radius 3 is 2.52 bits per heavy atom. The van der Waals surface area contributed by atoms with Gasteiger partial charge in [0.2, 0.25) is 0 Å². The normalized spacial score (nSPS) is 13.0. The highest BCUT2D eigenvalue weighted by molar-refractivity contribution is 5.77. The van der Waals surface area contributed by atoms with Gasteiger partial charge in [0.1, 0.15) is 5.60 Å². The number of nitrogens with zero attached hydrogens (tertiary/aromatic N) is 1. The first-order chi connectivity index (χ1) is 9.94. The minimum Gasteiger partial charge on any atom is -0.459 e. The van der Waals surface area contributed by atoms with Crippen LogP contribution in [0.1, 0.15) is 64.5 Å². The molecule has 4 nitrogen and oxygen atoms in total. The van der Waals surface area contributed by atoms with Gasteiger partial charge in [0.15, 0.2) is 0 Å². The Labute approximate surface area is 127 Å². The maximum absolute atomic E-state index is 12.4. The number of rotatable bonds is 8. The highest BCUT2D eigenvalue weighted by Gasteiger charge is 2.27. The molecule has 0 aliphatic heterocycles. The number of carbonyl (C=O) groups excluding carboxylic acids is 1. The summed E-state index contributed by atoms with van der Waals surface area (Å²) in [4.78, 5) is 16.7. The molecule has 0 saturated carbocycles. The third kappa shape index (κ3) is 7.23. The molecule has 0 fully saturated rings. The van der Waals surface area contributed by atoms with Gasteiger partial charge in [-0.3, -0.25) is 9.78 Å². The smallest absolute Gasteiger partial charge is 0.315 e. The Morgan fingerprint density at radius 1 is 1.24 bits per heavy atom. The third-order valence-corrected chi connectivity index (χ3v) is 3.14. The summed E-state index contributed by atoms with van der Waals surface area (Å²) in [6, 6.07) is 5.62. The van der Waals surface area contributed by atoms with Gasteiger partial charge in [0, 0.05) is 12.8 Å². The third-order valence-electron chi connectivity index (χ3n) is 3.14. The van der Waals surface area contributed by atoms with Crippen molar-refractivity contribution in [2.75, 3.05) is 6.61 Å². The number of aliphatic hydroxyl groups is 1. The first-order valence-electron chi connectivity index (χ1n) is 7.68. The van der Waals surface area contributed by atoms with Gasteiger partial charge in [-0.15, -0.1) is 0 Å². The number of esters is 1. The second kappa shape index (κ2) is 8.78. The van der Waals surface area contributed by atoms with Crippen molar-refractivity contribution in [3.05, 3.63) is 30.1 Å². The number of ether oxygens (including phenoxy) is 1. The predicted molar refractivity (Wildman–Crippen MR) is 83.0 cm³/mol. The maximum Gasteiger partial charge on any atom is 0.315 e. The van der Waals surface area contributed by atoms with Gasteiger partial charge in [-0.25, -0.2) is 0 Å². The van der Waals surface area contributed by atoms with E-state index in [4.69, 9.17) is 9.84 Å². The van der Waals surface area contributed by atoms with Crippen LogP contribution in [0, 0.1) is 0 Å². The molecule has 1 aromatic heterocycles. The molecule has 1 atom stereocenters. The van der Waals surface area contributed by atoms with E-state index in [1.54, 1.807) is 6.20 Å². The number of aromatic nitrogens is 1. The molecule has 1 unspecified atom stereocenters. The van der Waals surface area contributed by atoms with Crippen LogP contribution in [-0.4, -0.2) is 28.3 Å². The Morgan fingerprint density at radius 2 is 1.95 bits per heavy atom. The van der Waals surface area contributed by atoms with Crippen LogP contribution in [0.4, 0.5) is 0 Å². The minimum atomic E-state index is -0.485. The summed E-state index contributed by atoms with van der Waals surface area (Å²) >= 11 is 0. The van der Waals surface area contributed by atoms with Crippen LogP contribution in [0.2, 0.25) is 0 Å². The quantitative estimate of drug-likeness (QED) is 0.589. The van der Waals surface area contributed by atoms with Crippen molar-refractivity contribution in [3.8, 4) is 0 Å². The summed E-state index contributed by atoms with van der Waals surface area (Å²) in [5.41, 5.74) is 0.287. The Bertz CT molecular complexity index is 412. The molecule has 1 aromatic rings. The molecule has 118 valence electrons. The molecular formula is C17H27NO3. The Hall–Kier alpha value is -1.42. The van der Waals surface area contributed by atoms with E-state index in [2.05, 4.69) is 4.98 Å². The zero-order valence-electron chi connectivity index (χ0n) is 13.3. The van der Waals surface area contributed by atoms with Crippen molar-refractivity contribution in [3.63, 3.8) is 0 Å². The van der Waals surface area contributed by atoms with E-state index in [0.717, 1.165) is 37.8 Å². The van der Waals surface area contributed by atoms with Gasteiger partial charge in [0.25, 0.3) is 0 Å². The van der Waals surface area contributed by atoms with Crippen molar-refractivity contribution < 1.29 is 14.6 Å². The first kappa shape index (κ1) is 17.6. The fourth-order valence-corrected chi connectivity index (χ4v) is 2.16. The predicted octanol–water partition coefficient (Wildman–Crippen LogP) is 3.45. The second-order valence-electron chi connectivity index (χ2n) is 6.27. The van der Waals surface area contributed by atoms with Crippen LogP contribution >= 0.6 is 0 Å². The average molecular weight is 293 g/mol. The topological polar surface area (TPSA) is 59.4 Å². The number of unbranched alkanes of at least 4 members (excludes halogenated alkanes) is 3. The number of pyridine rings is 1. The molecular weight excluding hydrogens is 266 g/mol. The van der Waals surface area contributed by atoms with E-state index in [1.807, 2.05) is 39.0 Å². The Balaban J connectivity index is 2.65. The molecule has 0 bridgehead atoms. The van der Waals surface area contributed by atoms with Crippen LogP contribution in [0.15, 0.2) is 24.4 Å². The van der Waals surface area contributed by atoms with E-state index in [1.165, 1.54) is 0 Å². The summed E-state index contributed by atoms with van der Waals surface area (Å²) in [6.07, 6.45) is 6.18. The summed E-state index contributed by atoms with van der Waals surface area (Å²) in [5.74, 6) is -0.511. The lowest BCUT2D eigenvalue weighted by atomic mass is 9.96. The number of hydrogen-bond donors (Lipinski definition) is 1. The fourth-order valence-electron chi connectivity index (χ4n) is 2.16. The van der Waals surface area contributed by atoms with E-state index in [0.29, 0.717) is 0 Å². The summed E-state index contributed by atoms with van der Waals surface area (Å²) < 4.78 is 5.51. The van der Waals surface area contributed by atoms with E-state index < -0.39 is 5.60 Å². The van der Waals surface area contributed by atoms with Gasteiger partial charge < -0.3 is 9.84 Å². The first-order valence-corrected chi connectivity index (χ1v) is 7.68. The van der Waals surface area contributed by atoms with Crippen LogP contribution in [0.25, 0.3) is 0 Å². The fraction of sp³-hybridized carbons (Fsp3) is 0.647. The van der Waals surface area contributed by atoms with Crippen LogP contribution in [0.5, 0.6) is 0 Å². The summed E-state index contributed by atoms with van der Waals surface area (Å²) in [5, 5.41) is 8.78. The standard InChI is InChI=1S/C17H27NO3/c1-17(2,3)21-16(20)14(10-6-4-5-9-13-19)15-11-7-8-12-18-15/h7-8,11-12,14,19H,4-6,9-10,13H2,1-3H3. The zero-order valence-corrected chi connectivity index (χ0v) is 13.3. The van der Waals surface area contributed by atoms with Crippen LogP contribution in [0.3, 0.4) is 0 Å². The van der Waals surface area contributed by atoms with Gasteiger partial charge in [-0.2, -0.15) is 0 Å². The van der Waals surface area contributed by atoms with Gasteiger partial charge >= 0.3 is 5.97 Å². The molecule has 1 N–H and O–H groups in total. The molecule has 4 heteroatoms. The minimum absolute atomic E-state index is 0.205. The van der Waals surface area contributed by atoms with E-state index in [-0.39, 0.29) is 18.5 Å². The number of aliphatic hydroxyl groups excluding tert-OH is 1. The van der Waals surface area contributed by atoms with Gasteiger partial charge in [-0.05, 0) is 45.7 Å². The summed E-state index contributed by atoms with van der Waals surface area (Å²) in [6.45, 7) is 5.86. The van der Waals surface area contributed by atoms with Crippen LogP contribution in [-0.2, 0) is 9.53 Å². The second-order valence-corrected chi connectivity index (χ2v) is 6.27. The lowest BCUT2D eigenvalue weighted by Crippen LogP contribution is -2.28. The molecule has 0 radical (unpaired) electrons. The van der Waals surface area contributed by atoms with Gasteiger partial charge in [0.05, 0.1) is 11.6 Å². The highest BCUT2D eigenvalue weighted by Crippen LogP contribution is 2.25. The van der Waals surface area contributed by atoms with Gasteiger partial charge in [-0.1, -0.05) is 25.3 Å². The molecule has 0 spiro atoms. The molecule has 1 heterocycles. The van der Waals surface area contributed by atoms with E-state index in [9.17, 15) is 4.79 Å². The SMILES string of the molecule is CC(C)(C)OC(=O)C(CCCCCCO)c1ccccn1. The Kier molecular flexibility index (Phi) is 7.37.